The molecule has 6 nitrogen and oxygen atoms in total. The number of carbonyl (C=O) groups is 2. The molecule has 21 heavy (non-hydrogen) atoms. The van der Waals surface area contributed by atoms with E-state index >= 15 is 0 Å². The normalized spacial score (nSPS) is 23.1. The predicted octanol–water partition coefficient (Wildman–Crippen LogP) is 1.23. The number of amides is 2. The summed E-state index contributed by atoms with van der Waals surface area (Å²) in [6, 6.07) is 1.49. The van der Waals surface area contributed by atoms with Crippen molar-refractivity contribution >= 4 is 11.8 Å². The number of aryl methyl sites for hydroxylation is 2. The van der Waals surface area contributed by atoms with Gasteiger partial charge >= 0.3 is 0 Å². The molecular formula is C15H24N4O2. The van der Waals surface area contributed by atoms with E-state index in [4.69, 9.17) is 0 Å². The Kier molecular flexibility index (Phi) is 4.65. The van der Waals surface area contributed by atoms with Crippen LogP contribution >= 0.6 is 0 Å². The van der Waals surface area contributed by atoms with E-state index in [9.17, 15) is 9.59 Å². The molecule has 1 aromatic heterocycles. The van der Waals surface area contributed by atoms with Crippen LogP contribution in [0.3, 0.4) is 0 Å². The molecule has 1 N–H and O–H groups in total. The summed E-state index contributed by atoms with van der Waals surface area (Å²) in [4.78, 5) is 26.3. The quantitative estimate of drug-likeness (QED) is 0.907. The van der Waals surface area contributed by atoms with E-state index in [-0.39, 0.29) is 17.9 Å². The molecule has 0 bridgehead atoms. The summed E-state index contributed by atoms with van der Waals surface area (Å²) < 4.78 is 1.91. The van der Waals surface area contributed by atoms with Gasteiger partial charge in [0.2, 0.25) is 11.8 Å². The topological polar surface area (TPSA) is 67.2 Å². The predicted molar refractivity (Wildman–Crippen MR) is 79.5 cm³/mol. The van der Waals surface area contributed by atoms with E-state index in [1.165, 1.54) is 0 Å². The summed E-state index contributed by atoms with van der Waals surface area (Å²) in [5.41, 5.74) is 1.96. The van der Waals surface area contributed by atoms with Crippen LogP contribution in [0.5, 0.6) is 0 Å². The first kappa shape index (κ1) is 15.5. The third-order valence-corrected chi connectivity index (χ3v) is 3.95. The average Bonchev–Trinajstić information content (AvgIpc) is 2.76. The molecule has 2 rings (SSSR count). The number of hydrogen-bond acceptors (Lipinski definition) is 3. The van der Waals surface area contributed by atoms with Gasteiger partial charge in [0, 0.05) is 19.0 Å². The minimum atomic E-state index is -0.415. The number of nitrogens with one attached hydrogen (secondary N) is 1. The van der Waals surface area contributed by atoms with E-state index in [2.05, 4.69) is 10.4 Å². The lowest BCUT2D eigenvalue weighted by molar-refractivity contribution is -0.135. The summed E-state index contributed by atoms with van der Waals surface area (Å²) in [5.74, 6) is -0.0530. The van der Waals surface area contributed by atoms with Gasteiger partial charge in [-0.3, -0.25) is 14.3 Å². The zero-order valence-corrected chi connectivity index (χ0v) is 13.2. The fourth-order valence-electron chi connectivity index (χ4n) is 2.80. The van der Waals surface area contributed by atoms with E-state index in [1.54, 1.807) is 4.90 Å². The summed E-state index contributed by atoms with van der Waals surface area (Å²) >= 11 is 0. The van der Waals surface area contributed by atoms with Crippen molar-refractivity contribution in [2.24, 2.45) is 0 Å². The number of hydrogen-bond donors (Lipinski definition) is 1. The number of rotatable bonds is 4. The van der Waals surface area contributed by atoms with Crippen molar-refractivity contribution in [3.63, 3.8) is 0 Å². The fraction of sp³-hybridized carbons (Fsp3) is 0.667. The standard InChI is InChI=1S/C15H24N4O2/c1-5-13-15(21)18(11(4)8-14(20)16-13)9-12-7-10(3)17-19(12)6-2/h7,11,13H,5-6,8-9H2,1-4H3,(H,16,20). The van der Waals surface area contributed by atoms with Crippen LogP contribution in [0.2, 0.25) is 0 Å². The summed E-state index contributed by atoms with van der Waals surface area (Å²) in [7, 11) is 0. The van der Waals surface area contributed by atoms with E-state index in [0.29, 0.717) is 19.4 Å². The second-order valence-electron chi connectivity index (χ2n) is 5.64. The zero-order chi connectivity index (χ0) is 15.6. The molecule has 1 aliphatic rings. The molecule has 1 aromatic rings. The minimum Gasteiger partial charge on any atom is -0.344 e. The highest BCUT2D eigenvalue weighted by atomic mass is 16.2. The third kappa shape index (κ3) is 3.25. The Morgan fingerprint density at radius 2 is 2.10 bits per heavy atom. The molecule has 2 atom stereocenters. The van der Waals surface area contributed by atoms with Crippen molar-refractivity contribution < 1.29 is 9.59 Å². The Bertz CT molecular complexity index is 538. The van der Waals surface area contributed by atoms with Gasteiger partial charge in [0.1, 0.15) is 6.04 Å². The lowest BCUT2D eigenvalue weighted by Gasteiger charge is -2.28. The first-order chi connectivity index (χ1) is 9.96. The van der Waals surface area contributed by atoms with Gasteiger partial charge in [0.15, 0.2) is 0 Å². The van der Waals surface area contributed by atoms with E-state index in [0.717, 1.165) is 17.9 Å². The van der Waals surface area contributed by atoms with Crippen LogP contribution in [0.15, 0.2) is 6.07 Å². The van der Waals surface area contributed by atoms with Gasteiger partial charge < -0.3 is 10.2 Å². The molecule has 2 amide bonds. The molecule has 0 saturated carbocycles. The maximum atomic E-state index is 12.6. The van der Waals surface area contributed by atoms with Gasteiger partial charge in [-0.15, -0.1) is 0 Å². The van der Waals surface area contributed by atoms with Crippen molar-refractivity contribution in [1.82, 2.24) is 20.0 Å². The molecule has 1 aliphatic heterocycles. The van der Waals surface area contributed by atoms with Crippen LogP contribution in [0.1, 0.15) is 45.0 Å². The molecule has 116 valence electrons. The van der Waals surface area contributed by atoms with Crippen LogP contribution in [0.25, 0.3) is 0 Å². The van der Waals surface area contributed by atoms with Crippen LogP contribution in [0, 0.1) is 6.92 Å². The minimum absolute atomic E-state index is 0.00245. The Morgan fingerprint density at radius 3 is 2.71 bits per heavy atom. The molecular weight excluding hydrogens is 268 g/mol. The monoisotopic (exact) mass is 292 g/mol. The summed E-state index contributed by atoms with van der Waals surface area (Å²) in [6.07, 6.45) is 0.960. The van der Waals surface area contributed by atoms with Gasteiger partial charge in [-0.05, 0) is 33.3 Å². The molecule has 0 aromatic carbocycles. The SMILES string of the molecule is CCC1NC(=O)CC(C)N(Cc2cc(C)nn2CC)C1=O. The van der Waals surface area contributed by atoms with Gasteiger partial charge in [0.05, 0.1) is 17.9 Å². The molecule has 0 aliphatic carbocycles. The van der Waals surface area contributed by atoms with Crippen molar-refractivity contribution in [3.8, 4) is 0 Å². The maximum Gasteiger partial charge on any atom is 0.245 e. The fourth-order valence-corrected chi connectivity index (χ4v) is 2.80. The molecule has 6 heteroatoms. The van der Waals surface area contributed by atoms with Gasteiger partial charge in [-0.1, -0.05) is 6.92 Å². The second-order valence-corrected chi connectivity index (χ2v) is 5.64. The molecule has 0 spiro atoms. The average molecular weight is 292 g/mol. The third-order valence-electron chi connectivity index (χ3n) is 3.95. The van der Waals surface area contributed by atoms with Crippen molar-refractivity contribution in [3.05, 3.63) is 17.5 Å². The first-order valence-corrected chi connectivity index (χ1v) is 7.59. The Hall–Kier alpha value is -1.85. The molecule has 2 heterocycles. The van der Waals surface area contributed by atoms with Crippen molar-refractivity contribution in [2.75, 3.05) is 0 Å². The van der Waals surface area contributed by atoms with E-state index in [1.807, 2.05) is 38.4 Å². The molecule has 1 saturated heterocycles. The second kappa shape index (κ2) is 6.28. The number of carbonyl (C=O) groups excluding carboxylic acids is 2. The highest BCUT2D eigenvalue weighted by Crippen LogP contribution is 2.17. The Balaban J connectivity index is 2.26. The largest absolute Gasteiger partial charge is 0.344 e. The number of aromatic nitrogens is 2. The Labute approximate surface area is 125 Å². The number of nitrogens with zero attached hydrogens (tertiary/aromatic N) is 3. The lowest BCUT2D eigenvalue weighted by Crippen LogP contribution is -2.45. The lowest BCUT2D eigenvalue weighted by atomic mass is 10.1. The summed E-state index contributed by atoms with van der Waals surface area (Å²) in [5, 5.41) is 7.22. The van der Waals surface area contributed by atoms with Gasteiger partial charge in [0.25, 0.3) is 0 Å². The molecule has 1 fully saturated rings. The maximum absolute atomic E-state index is 12.6. The van der Waals surface area contributed by atoms with Crippen LogP contribution in [0.4, 0.5) is 0 Å². The molecule has 0 radical (unpaired) electrons. The van der Waals surface area contributed by atoms with Crippen molar-refractivity contribution in [2.45, 2.75) is 65.7 Å². The van der Waals surface area contributed by atoms with Gasteiger partial charge in [-0.2, -0.15) is 5.10 Å². The van der Waals surface area contributed by atoms with Crippen LogP contribution < -0.4 is 5.32 Å². The Morgan fingerprint density at radius 1 is 1.38 bits per heavy atom. The summed E-state index contributed by atoms with van der Waals surface area (Å²) in [6.45, 7) is 9.09. The van der Waals surface area contributed by atoms with Gasteiger partial charge in [-0.25, -0.2) is 0 Å². The zero-order valence-electron chi connectivity index (χ0n) is 13.2. The highest BCUT2D eigenvalue weighted by molar-refractivity contribution is 5.90. The molecule has 2 unspecified atom stereocenters. The highest BCUT2D eigenvalue weighted by Gasteiger charge is 2.33. The van der Waals surface area contributed by atoms with Crippen LogP contribution in [-0.2, 0) is 22.7 Å². The van der Waals surface area contributed by atoms with E-state index < -0.39 is 6.04 Å². The first-order valence-electron chi connectivity index (χ1n) is 7.59. The van der Waals surface area contributed by atoms with Crippen molar-refractivity contribution in [1.29, 1.82) is 0 Å². The smallest absolute Gasteiger partial charge is 0.245 e. The van der Waals surface area contributed by atoms with Crippen LogP contribution in [-0.4, -0.2) is 38.6 Å².